The van der Waals surface area contributed by atoms with Gasteiger partial charge in [0.05, 0.1) is 6.61 Å². The van der Waals surface area contributed by atoms with Gasteiger partial charge in [-0.25, -0.2) is 5.43 Å². The van der Waals surface area contributed by atoms with Gasteiger partial charge in [0.25, 0.3) is 0 Å². The molecule has 0 saturated heterocycles. The van der Waals surface area contributed by atoms with Gasteiger partial charge in [-0.1, -0.05) is 6.92 Å². The predicted octanol–water partition coefficient (Wildman–Crippen LogP) is 1.48. The summed E-state index contributed by atoms with van der Waals surface area (Å²) in [7, 11) is 0. The maximum atomic E-state index is 5.25. The lowest BCUT2D eigenvalue weighted by atomic mass is 10.1. The number of hydrazone groups is 1. The molecule has 0 saturated carbocycles. The Morgan fingerprint density at radius 3 is 3.09 bits per heavy atom. The van der Waals surface area contributed by atoms with Crippen LogP contribution in [0.4, 0.5) is 0 Å². The monoisotopic (exact) mass is 154 g/mol. The number of nitrogens with one attached hydrogen (secondary N) is 1. The molecular formula is C8H14N2O. The molecule has 1 rings (SSSR count). The van der Waals surface area contributed by atoms with Crippen molar-refractivity contribution in [3.05, 3.63) is 12.0 Å². The summed E-state index contributed by atoms with van der Waals surface area (Å²) in [6.45, 7) is 4.77. The summed E-state index contributed by atoms with van der Waals surface area (Å²) in [5, 5.41) is 3.96. The summed E-state index contributed by atoms with van der Waals surface area (Å²) in [4.78, 5) is 0. The number of rotatable bonds is 3. The Kier molecular flexibility index (Phi) is 2.95. The van der Waals surface area contributed by atoms with E-state index in [0.717, 1.165) is 12.3 Å². The van der Waals surface area contributed by atoms with Crippen LogP contribution in [0.5, 0.6) is 0 Å². The molecule has 1 atom stereocenters. The molecule has 0 aromatic heterocycles. The average Bonchev–Trinajstić information content (AvgIpc) is 2.06. The van der Waals surface area contributed by atoms with Crippen molar-refractivity contribution >= 4 is 6.21 Å². The fraction of sp³-hybridized carbons (Fsp3) is 0.625. The Morgan fingerprint density at radius 2 is 2.45 bits per heavy atom. The second-order valence-electron chi connectivity index (χ2n) is 2.43. The van der Waals surface area contributed by atoms with E-state index in [2.05, 4.69) is 23.5 Å². The lowest BCUT2D eigenvalue weighted by molar-refractivity contribution is 0.203. The number of allylic oxidation sites excluding steroid dienone is 1. The topological polar surface area (TPSA) is 33.6 Å². The fourth-order valence-electron chi connectivity index (χ4n) is 0.931. The highest BCUT2D eigenvalue weighted by atomic mass is 16.5. The van der Waals surface area contributed by atoms with E-state index in [4.69, 9.17) is 4.74 Å². The Labute approximate surface area is 67.1 Å². The molecule has 1 aliphatic rings. The van der Waals surface area contributed by atoms with Gasteiger partial charge in [-0.3, -0.25) is 0 Å². The first-order valence-electron chi connectivity index (χ1n) is 4.00. The minimum atomic E-state index is 0.429. The van der Waals surface area contributed by atoms with E-state index in [1.165, 1.54) is 0 Å². The van der Waals surface area contributed by atoms with E-state index < -0.39 is 0 Å². The van der Waals surface area contributed by atoms with Gasteiger partial charge in [0.2, 0.25) is 5.88 Å². The summed E-state index contributed by atoms with van der Waals surface area (Å²) in [6, 6.07) is 0. The van der Waals surface area contributed by atoms with Crippen LogP contribution in [-0.2, 0) is 4.74 Å². The third kappa shape index (κ3) is 2.26. The van der Waals surface area contributed by atoms with Crippen molar-refractivity contribution in [2.24, 2.45) is 11.0 Å². The summed E-state index contributed by atoms with van der Waals surface area (Å²) < 4.78 is 5.25. The van der Waals surface area contributed by atoms with Gasteiger partial charge in [0, 0.05) is 12.1 Å². The molecule has 62 valence electrons. The predicted molar refractivity (Wildman–Crippen MR) is 45.1 cm³/mol. The molecule has 0 aromatic carbocycles. The van der Waals surface area contributed by atoms with Crippen LogP contribution >= 0.6 is 0 Å². The second kappa shape index (κ2) is 4.01. The van der Waals surface area contributed by atoms with Crippen LogP contribution < -0.4 is 5.43 Å². The molecule has 0 spiro atoms. The van der Waals surface area contributed by atoms with E-state index in [1.807, 2.05) is 13.1 Å². The van der Waals surface area contributed by atoms with Crippen LogP contribution in [0.25, 0.3) is 0 Å². The third-order valence-electron chi connectivity index (χ3n) is 1.58. The molecule has 1 unspecified atom stereocenters. The largest absolute Gasteiger partial charge is 0.479 e. The zero-order valence-corrected chi connectivity index (χ0v) is 7.00. The first kappa shape index (κ1) is 8.11. The maximum absolute atomic E-state index is 5.25. The minimum absolute atomic E-state index is 0.429. The van der Waals surface area contributed by atoms with E-state index in [1.54, 1.807) is 0 Å². The molecule has 0 radical (unpaired) electrons. The first-order chi connectivity index (χ1) is 5.36. The molecule has 1 heterocycles. The molecule has 0 aliphatic carbocycles. The van der Waals surface area contributed by atoms with Gasteiger partial charge in [-0.2, -0.15) is 5.10 Å². The molecule has 0 amide bonds. The van der Waals surface area contributed by atoms with Crippen molar-refractivity contribution in [1.29, 1.82) is 0 Å². The zero-order chi connectivity index (χ0) is 8.10. The van der Waals surface area contributed by atoms with E-state index in [-0.39, 0.29) is 0 Å². The molecule has 0 aromatic rings. The fourth-order valence-corrected chi connectivity index (χ4v) is 0.931. The summed E-state index contributed by atoms with van der Waals surface area (Å²) in [5.74, 6) is 1.21. The molecule has 11 heavy (non-hydrogen) atoms. The number of hydrogen-bond acceptors (Lipinski definition) is 3. The summed E-state index contributed by atoms with van der Waals surface area (Å²) in [5.41, 5.74) is 2.79. The first-order valence-corrected chi connectivity index (χ1v) is 4.00. The smallest absolute Gasteiger partial charge is 0.203 e. The van der Waals surface area contributed by atoms with Crippen LogP contribution in [0, 0.1) is 5.92 Å². The molecule has 3 heteroatoms. The standard InChI is InChI=1S/C8H14N2O/c1-3-7-5-8(11-4-2)10-9-6-7/h5-7,10H,3-4H2,1-2H3. The van der Waals surface area contributed by atoms with Gasteiger partial charge in [0.15, 0.2) is 0 Å². The average molecular weight is 154 g/mol. The number of nitrogens with zero attached hydrogens (tertiary/aromatic N) is 1. The SMILES string of the molecule is CCOC1=CC(CC)C=NN1. The molecule has 0 bridgehead atoms. The molecular weight excluding hydrogens is 140 g/mol. The Bertz CT molecular complexity index is 175. The maximum Gasteiger partial charge on any atom is 0.203 e. The van der Waals surface area contributed by atoms with Gasteiger partial charge < -0.3 is 4.74 Å². The van der Waals surface area contributed by atoms with Gasteiger partial charge in [0.1, 0.15) is 0 Å². The Morgan fingerprint density at radius 1 is 1.64 bits per heavy atom. The quantitative estimate of drug-likeness (QED) is 0.668. The third-order valence-corrected chi connectivity index (χ3v) is 1.58. The molecule has 1 aliphatic heterocycles. The van der Waals surface area contributed by atoms with E-state index >= 15 is 0 Å². The Hall–Kier alpha value is -0.990. The molecule has 1 N–H and O–H groups in total. The van der Waals surface area contributed by atoms with Crippen LogP contribution in [0.2, 0.25) is 0 Å². The highest BCUT2D eigenvalue weighted by molar-refractivity contribution is 5.64. The molecule has 3 nitrogen and oxygen atoms in total. The Balaban J connectivity index is 2.47. The van der Waals surface area contributed by atoms with Crippen molar-refractivity contribution in [3.63, 3.8) is 0 Å². The van der Waals surface area contributed by atoms with Crippen molar-refractivity contribution < 1.29 is 4.74 Å². The van der Waals surface area contributed by atoms with Crippen molar-refractivity contribution in [1.82, 2.24) is 5.43 Å². The van der Waals surface area contributed by atoms with Crippen LogP contribution in [0.15, 0.2) is 17.1 Å². The highest BCUT2D eigenvalue weighted by Gasteiger charge is 2.06. The van der Waals surface area contributed by atoms with Crippen LogP contribution in [0.3, 0.4) is 0 Å². The number of hydrogen-bond donors (Lipinski definition) is 1. The molecule has 0 fully saturated rings. The van der Waals surface area contributed by atoms with Gasteiger partial charge in [-0.15, -0.1) is 0 Å². The van der Waals surface area contributed by atoms with Crippen LogP contribution in [-0.4, -0.2) is 12.8 Å². The highest BCUT2D eigenvalue weighted by Crippen LogP contribution is 2.08. The second-order valence-corrected chi connectivity index (χ2v) is 2.43. The van der Waals surface area contributed by atoms with Gasteiger partial charge in [-0.05, 0) is 19.4 Å². The van der Waals surface area contributed by atoms with E-state index in [9.17, 15) is 0 Å². The minimum Gasteiger partial charge on any atom is -0.479 e. The lowest BCUT2D eigenvalue weighted by Crippen LogP contribution is -2.17. The van der Waals surface area contributed by atoms with E-state index in [0.29, 0.717) is 12.5 Å². The van der Waals surface area contributed by atoms with Crippen molar-refractivity contribution in [2.45, 2.75) is 20.3 Å². The van der Waals surface area contributed by atoms with Gasteiger partial charge >= 0.3 is 0 Å². The zero-order valence-electron chi connectivity index (χ0n) is 7.00. The van der Waals surface area contributed by atoms with Crippen molar-refractivity contribution in [2.75, 3.05) is 6.61 Å². The number of ether oxygens (including phenoxy) is 1. The lowest BCUT2D eigenvalue weighted by Gasteiger charge is -2.14. The normalized spacial score (nSPS) is 22.4. The van der Waals surface area contributed by atoms with Crippen molar-refractivity contribution in [3.8, 4) is 0 Å². The summed E-state index contributed by atoms with van der Waals surface area (Å²) >= 11 is 0. The summed E-state index contributed by atoms with van der Waals surface area (Å²) in [6.07, 6.45) is 5.01. The van der Waals surface area contributed by atoms with Crippen LogP contribution in [0.1, 0.15) is 20.3 Å².